The van der Waals surface area contributed by atoms with Gasteiger partial charge in [-0.05, 0) is 30.4 Å². The van der Waals surface area contributed by atoms with E-state index in [4.69, 9.17) is 0 Å². The van der Waals surface area contributed by atoms with E-state index in [0.29, 0.717) is 17.9 Å². The molecule has 0 spiro atoms. The van der Waals surface area contributed by atoms with Gasteiger partial charge in [0, 0.05) is 24.4 Å². The van der Waals surface area contributed by atoms with E-state index in [-0.39, 0.29) is 24.0 Å². The minimum Gasteiger partial charge on any atom is -0.353 e. The Kier molecular flexibility index (Phi) is 7.25. The normalized spacial score (nSPS) is 19.5. The maximum atomic E-state index is 4.66. The SMILES string of the molecule is CN=C(NCc1nc(C(C)C)cs1)NC1CC1c1ccccc1C.I. The molecule has 2 unspecified atom stereocenters. The van der Waals surface area contributed by atoms with E-state index in [1.807, 2.05) is 7.05 Å². The number of thiazole rings is 1. The van der Waals surface area contributed by atoms with Crippen LogP contribution in [0.5, 0.6) is 0 Å². The highest BCUT2D eigenvalue weighted by molar-refractivity contribution is 14.0. The van der Waals surface area contributed by atoms with Crippen molar-refractivity contribution in [2.75, 3.05) is 7.05 Å². The lowest BCUT2D eigenvalue weighted by atomic mass is 10.0. The zero-order chi connectivity index (χ0) is 17.1. The van der Waals surface area contributed by atoms with Crippen LogP contribution in [0.2, 0.25) is 0 Å². The summed E-state index contributed by atoms with van der Waals surface area (Å²) in [6.07, 6.45) is 1.17. The van der Waals surface area contributed by atoms with Gasteiger partial charge in [-0.15, -0.1) is 35.3 Å². The van der Waals surface area contributed by atoms with Crippen molar-refractivity contribution in [2.45, 2.75) is 51.6 Å². The fourth-order valence-corrected chi connectivity index (χ4v) is 3.80. The molecule has 6 heteroatoms. The number of nitrogens with one attached hydrogen (secondary N) is 2. The Balaban J connectivity index is 0.00000225. The number of nitrogens with zero attached hydrogens (tertiary/aromatic N) is 2. The van der Waals surface area contributed by atoms with E-state index in [0.717, 1.165) is 17.5 Å². The standard InChI is InChI=1S/C19H26N4S.HI/c1-12(2)17-11-24-18(22-17)10-21-19(20-4)23-16-9-15(16)14-8-6-5-7-13(14)3;/h5-8,11-12,15-16H,9-10H2,1-4H3,(H2,20,21,23);1H. The summed E-state index contributed by atoms with van der Waals surface area (Å²) >= 11 is 1.71. The van der Waals surface area contributed by atoms with Crippen molar-refractivity contribution < 1.29 is 0 Å². The molecule has 1 heterocycles. The maximum Gasteiger partial charge on any atom is 0.191 e. The van der Waals surface area contributed by atoms with Gasteiger partial charge in [-0.25, -0.2) is 4.98 Å². The largest absolute Gasteiger partial charge is 0.353 e. The molecule has 4 nitrogen and oxygen atoms in total. The first kappa shape index (κ1) is 20.2. The zero-order valence-corrected chi connectivity index (χ0v) is 18.4. The predicted molar refractivity (Wildman–Crippen MR) is 117 cm³/mol. The van der Waals surface area contributed by atoms with Crippen LogP contribution in [-0.2, 0) is 6.54 Å². The topological polar surface area (TPSA) is 49.3 Å². The van der Waals surface area contributed by atoms with Crippen LogP contribution in [0.25, 0.3) is 0 Å². The van der Waals surface area contributed by atoms with E-state index in [2.05, 4.69) is 71.0 Å². The van der Waals surface area contributed by atoms with Gasteiger partial charge < -0.3 is 10.6 Å². The summed E-state index contributed by atoms with van der Waals surface area (Å²) in [6, 6.07) is 9.12. The molecule has 2 aromatic rings. The summed E-state index contributed by atoms with van der Waals surface area (Å²) in [5, 5.41) is 10.2. The molecule has 2 N–H and O–H groups in total. The molecule has 1 aliphatic rings. The van der Waals surface area contributed by atoms with Crippen LogP contribution in [0, 0.1) is 6.92 Å². The Morgan fingerprint density at radius 2 is 2.12 bits per heavy atom. The van der Waals surface area contributed by atoms with Crippen LogP contribution in [0.3, 0.4) is 0 Å². The molecule has 2 atom stereocenters. The molecule has 136 valence electrons. The van der Waals surface area contributed by atoms with Crippen LogP contribution in [0.15, 0.2) is 34.6 Å². The lowest BCUT2D eigenvalue weighted by molar-refractivity contribution is 0.774. The van der Waals surface area contributed by atoms with Crippen molar-refractivity contribution in [1.82, 2.24) is 15.6 Å². The number of aliphatic imine (C=N–C) groups is 1. The second kappa shape index (κ2) is 8.98. The number of halogens is 1. The summed E-state index contributed by atoms with van der Waals surface area (Å²) < 4.78 is 0. The van der Waals surface area contributed by atoms with Gasteiger partial charge in [0.1, 0.15) is 5.01 Å². The van der Waals surface area contributed by atoms with E-state index >= 15 is 0 Å². The lowest BCUT2D eigenvalue weighted by Gasteiger charge is -2.11. The number of guanidine groups is 1. The minimum atomic E-state index is 0. The summed E-state index contributed by atoms with van der Waals surface area (Å²) in [5.41, 5.74) is 3.99. The predicted octanol–water partition coefficient (Wildman–Crippen LogP) is 4.41. The van der Waals surface area contributed by atoms with Crippen LogP contribution < -0.4 is 10.6 Å². The Labute approximate surface area is 171 Å². The van der Waals surface area contributed by atoms with E-state index in [9.17, 15) is 0 Å². The summed E-state index contributed by atoms with van der Waals surface area (Å²) in [7, 11) is 1.82. The first-order valence-electron chi connectivity index (χ1n) is 8.55. The van der Waals surface area contributed by atoms with Crippen molar-refractivity contribution in [3.63, 3.8) is 0 Å². The van der Waals surface area contributed by atoms with E-state index < -0.39 is 0 Å². The van der Waals surface area contributed by atoms with Crippen LogP contribution in [-0.4, -0.2) is 24.0 Å². The highest BCUT2D eigenvalue weighted by Gasteiger charge is 2.39. The van der Waals surface area contributed by atoms with E-state index in [1.165, 1.54) is 23.2 Å². The molecule has 1 aliphatic carbocycles. The maximum absolute atomic E-state index is 4.66. The number of aromatic nitrogens is 1. The van der Waals surface area contributed by atoms with Gasteiger partial charge >= 0.3 is 0 Å². The Bertz CT molecular complexity index is 726. The fourth-order valence-electron chi connectivity index (χ4n) is 2.90. The second-order valence-corrected chi connectivity index (χ2v) is 7.64. The Hall–Kier alpha value is -1.15. The van der Waals surface area contributed by atoms with Crippen molar-refractivity contribution in [2.24, 2.45) is 4.99 Å². The molecule has 0 amide bonds. The third-order valence-electron chi connectivity index (χ3n) is 4.49. The molecule has 1 fully saturated rings. The molecule has 1 saturated carbocycles. The van der Waals surface area contributed by atoms with Crippen LogP contribution >= 0.6 is 35.3 Å². The Morgan fingerprint density at radius 3 is 2.76 bits per heavy atom. The molecule has 3 rings (SSSR count). The number of aryl methyl sites for hydroxylation is 1. The van der Waals surface area contributed by atoms with Gasteiger partial charge in [-0.2, -0.15) is 0 Å². The molecular formula is C19H27IN4S. The first-order valence-corrected chi connectivity index (χ1v) is 9.43. The van der Waals surface area contributed by atoms with Gasteiger partial charge in [0.25, 0.3) is 0 Å². The van der Waals surface area contributed by atoms with Gasteiger partial charge in [0.05, 0.1) is 12.2 Å². The van der Waals surface area contributed by atoms with Crippen molar-refractivity contribution in [3.8, 4) is 0 Å². The summed E-state index contributed by atoms with van der Waals surface area (Å²) in [6.45, 7) is 7.25. The summed E-state index contributed by atoms with van der Waals surface area (Å²) in [5.74, 6) is 1.93. The van der Waals surface area contributed by atoms with Gasteiger partial charge in [-0.3, -0.25) is 4.99 Å². The summed E-state index contributed by atoms with van der Waals surface area (Å²) in [4.78, 5) is 9.01. The third kappa shape index (κ3) is 5.17. The highest BCUT2D eigenvalue weighted by Crippen LogP contribution is 2.42. The molecular weight excluding hydrogens is 443 g/mol. The molecule has 1 aromatic heterocycles. The molecule has 0 bridgehead atoms. The quantitative estimate of drug-likeness (QED) is 0.387. The smallest absolute Gasteiger partial charge is 0.191 e. The van der Waals surface area contributed by atoms with Crippen molar-refractivity contribution >= 4 is 41.3 Å². The highest BCUT2D eigenvalue weighted by atomic mass is 127. The van der Waals surface area contributed by atoms with Gasteiger partial charge in [0.2, 0.25) is 0 Å². The number of benzene rings is 1. The van der Waals surface area contributed by atoms with Crippen molar-refractivity contribution in [3.05, 3.63) is 51.5 Å². The fraction of sp³-hybridized carbons (Fsp3) is 0.474. The average molecular weight is 470 g/mol. The third-order valence-corrected chi connectivity index (χ3v) is 5.36. The average Bonchev–Trinajstić information content (AvgIpc) is 3.15. The van der Waals surface area contributed by atoms with Crippen LogP contribution in [0.4, 0.5) is 0 Å². The molecule has 0 saturated heterocycles. The monoisotopic (exact) mass is 470 g/mol. The number of rotatable bonds is 5. The Morgan fingerprint density at radius 1 is 1.36 bits per heavy atom. The number of hydrogen-bond donors (Lipinski definition) is 2. The first-order chi connectivity index (χ1) is 11.6. The van der Waals surface area contributed by atoms with Crippen molar-refractivity contribution in [1.29, 1.82) is 0 Å². The minimum absolute atomic E-state index is 0. The van der Waals surface area contributed by atoms with Gasteiger partial charge in [-0.1, -0.05) is 38.1 Å². The van der Waals surface area contributed by atoms with Gasteiger partial charge in [0.15, 0.2) is 5.96 Å². The molecule has 1 aromatic carbocycles. The number of hydrogen-bond acceptors (Lipinski definition) is 3. The molecule has 0 aliphatic heterocycles. The molecule has 0 radical (unpaired) electrons. The zero-order valence-electron chi connectivity index (χ0n) is 15.2. The molecule has 25 heavy (non-hydrogen) atoms. The second-order valence-electron chi connectivity index (χ2n) is 6.70. The van der Waals surface area contributed by atoms with E-state index in [1.54, 1.807) is 11.3 Å². The lowest BCUT2D eigenvalue weighted by Crippen LogP contribution is -2.38. The van der Waals surface area contributed by atoms with Crippen LogP contribution in [0.1, 0.15) is 53.9 Å².